The summed E-state index contributed by atoms with van der Waals surface area (Å²) in [5.41, 5.74) is 4.23. The van der Waals surface area contributed by atoms with Gasteiger partial charge in [0.2, 0.25) is 5.91 Å². The average Bonchev–Trinajstić information content (AvgIpc) is 3.43. The lowest BCUT2D eigenvalue weighted by Crippen LogP contribution is -2.46. The van der Waals surface area contributed by atoms with E-state index in [1.807, 2.05) is 10.9 Å². The molecule has 3 atom stereocenters. The van der Waals surface area contributed by atoms with Crippen LogP contribution in [0.3, 0.4) is 0 Å². The maximum atomic E-state index is 13.6. The number of halogens is 1. The molecule has 0 spiro atoms. The molecule has 2 fully saturated rings. The Kier molecular flexibility index (Phi) is 4.77. The lowest BCUT2D eigenvalue weighted by molar-refractivity contribution is -0.140. The lowest BCUT2D eigenvalue weighted by Gasteiger charge is -2.38. The van der Waals surface area contributed by atoms with E-state index in [0.29, 0.717) is 6.61 Å². The number of carbonyl (C=O) groups excluding carboxylic acids is 1. The molecule has 1 aromatic carbocycles. The zero-order chi connectivity index (χ0) is 20.9. The smallest absolute Gasteiger partial charge is 0.226 e. The van der Waals surface area contributed by atoms with E-state index in [2.05, 4.69) is 23.0 Å². The van der Waals surface area contributed by atoms with Crippen LogP contribution in [0.5, 0.6) is 0 Å². The first-order chi connectivity index (χ1) is 14.5. The summed E-state index contributed by atoms with van der Waals surface area (Å²) in [5, 5.41) is 4.58. The van der Waals surface area contributed by atoms with Crippen LogP contribution in [0, 0.1) is 17.2 Å². The van der Waals surface area contributed by atoms with Crippen LogP contribution in [0.2, 0.25) is 0 Å². The van der Waals surface area contributed by atoms with E-state index in [0.717, 1.165) is 55.6 Å². The topological polar surface area (TPSA) is 47.4 Å². The minimum atomic E-state index is -0.253. The number of aromatic nitrogens is 2. The van der Waals surface area contributed by atoms with E-state index < -0.39 is 0 Å². The normalized spacial score (nSPS) is 27.7. The van der Waals surface area contributed by atoms with Gasteiger partial charge in [0.1, 0.15) is 5.82 Å². The van der Waals surface area contributed by atoms with Gasteiger partial charge in [0, 0.05) is 25.0 Å². The van der Waals surface area contributed by atoms with E-state index in [1.165, 1.54) is 17.7 Å². The van der Waals surface area contributed by atoms with Gasteiger partial charge in [-0.15, -0.1) is 0 Å². The van der Waals surface area contributed by atoms with Crippen molar-refractivity contribution in [3.05, 3.63) is 53.1 Å². The molecular formula is C24H28FN3O2. The Morgan fingerprint density at radius 1 is 1.30 bits per heavy atom. The molecule has 2 aromatic rings. The van der Waals surface area contributed by atoms with Gasteiger partial charge >= 0.3 is 0 Å². The summed E-state index contributed by atoms with van der Waals surface area (Å²) >= 11 is 0. The van der Waals surface area contributed by atoms with E-state index in [-0.39, 0.29) is 29.1 Å². The van der Waals surface area contributed by atoms with E-state index in [4.69, 9.17) is 4.74 Å². The van der Waals surface area contributed by atoms with Crippen LogP contribution in [0.25, 0.3) is 11.8 Å². The fourth-order valence-corrected chi connectivity index (χ4v) is 5.72. The number of hydrogen-bond acceptors (Lipinski definition) is 3. The molecule has 2 heterocycles. The van der Waals surface area contributed by atoms with E-state index in [9.17, 15) is 9.18 Å². The van der Waals surface area contributed by atoms with Crippen LogP contribution >= 0.6 is 0 Å². The van der Waals surface area contributed by atoms with Crippen molar-refractivity contribution in [1.82, 2.24) is 14.7 Å². The number of benzene rings is 1. The number of hydrogen-bond donors (Lipinski definition) is 0. The highest BCUT2D eigenvalue weighted by atomic mass is 19.1. The molecule has 1 saturated heterocycles. The van der Waals surface area contributed by atoms with Gasteiger partial charge in [-0.3, -0.25) is 4.79 Å². The first-order valence-electron chi connectivity index (χ1n) is 10.8. The molecule has 2 aliphatic carbocycles. The second-order valence-corrected chi connectivity index (χ2v) is 9.08. The fraction of sp³-hybridized carbons (Fsp3) is 0.500. The SMILES string of the molecule is COC[C@@H]1CCCN1C(=O)[C@H]1CCC2=Cc3c(cnn3-c3ccc(F)cc3)C[C@@]21C. The minimum Gasteiger partial charge on any atom is -0.383 e. The highest BCUT2D eigenvalue weighted by molar-refractivity contribution is 5.83. The van der Waals surface area contributed by atoms with Crippen molar-refractivity contribution in [2.75, 3.05) is 20.3 Å². The van der Waals surface area contributed by atoms with Gasteiger partial charge in [-0.2, -0.15) is 5.10 Å². The molecule has 3 aliphatic rings. The van der Waals surface area contributed by atoms with Gasteiger partial charge in [0.15, 0.2) is 0 Å². The Bertz CT molecular complexity index is 996. The van der Waals surface area contributed by atoms with Gasteiger partial charge in [0.05, 0.1) is 30.2 Å². The maximum Gasteiger partial charge on any atom is 0.226 e. The lowest BCUT2D eigenvalue weighted by atomic mass is 9.69. The van der Waals surface area contributed by atoms with Gasteiger partial charge < -0.3 is 9.64 Å². The predicted molar refractivity (Wildman–Crippen MR) is 113 cm³/mol. The van der Waals surface area contributed by atoms with Crippen molar-refractivity contribution in [3.63, 3.8) is 0 Å². The molecule has 6 heteroatoms. The Morgan fingerprint density at radius 3 is 2.87 bits per heavy atom. The van der Waals surface area contributed by atoms with Gasteiger partial charge in [-0.05, 0) is 68.0 Å². The number of methoxy groups -OCH3 is 1. The number of ether oxygens (including phenoxy) is 1. The van der Waals surface area contributed by atoms with Crippen LogP contribution in [-0.2, 0) is 16.0 Å². The van der Waals surface area contributed by atoms with Gasteiger partial charge in [-0.1, -0.05) is 12.5 Å². The Labute approximate surface area is 176 Å². The molecule has 0 unspecified atom stereocenters. The number of fused-ring (bicyclic) bond motifs is 2. The first-order valence-corrected chi connectivity index (χ1v) is 10.8. The van der Waals surface area contributed by atoms with Crippen LogP contribution in [0.15, 0.2) is 36.0 Å². The number of amides is 1. The number of nitrogens with zero attached hydrogens (tertiary/aromatic N) is 3. The molecule has 5 nitrogen and oxygen atoms in total. The van der Waals surface area contributed by atoms with Crippen molar-refractivity contribution in [2.45, 2.75) is 45.1 Å². The summed E-state index contributed by atoms with van der Waals surface area (Å²) < 4.78 is 20.6. The molecule has 0 N–H and O–H groups in total. The summed E-state index contributed by atoms with van der Waals surface area (Å²) in [7, 11) is 1.71. The highest BCUT2D eigenvalue weighted by Gasteiger charge is 2.50. The van der Waals surface area contributed by atoms with Crippen molar-refractivity contribution in [2.24, 2.45) is 11.3 Å². The van der Waals surface area contributed by atoms with E-state index in [1.54, 1.807) is 19.2 Å². The summed E-state index contributed by atoms with van der Waals surface area (Å²) in [6.45, 7) is 3.70. The second kappa shape index (κ2) is 7.34. The van der Waals surface area contributed by atoms with Gasteiger partial charge in [0.25, 0.3) is 0 Å². The Morgan fingerprint density at radius 2 is 2.10 bits per heavy atom. The quantitative estimate of drug-likeness (QED) is 0.767. The van der Waals surface area contributed by atoms with Crippen LogP contribution < -0.4 is 0 Å². The Hall–Kier alpha value is -2.47. The maximum absolute atomic E-state index is 13.6. The van der Waals surface area contributed by atoms with Crippen LogP contribution in [0.4, 0.5) is 4.39 Å². The molecule has 158 valence electrons. The molecule has 1 aliphatic heterocycles. The van der Waals surface area contributed by atoms with Crippen LogP contribution in [0.1, 0.15) is 43.9 Å². The number of allylic oxidation sites excluding steroid dienone is 1. The second-order valence-electron chi connectivity index (χ2n) is 9.08. The third-order valence-electron chi connectivity index (χ3n) is 7.35. The van der Waals surface area contributed by atoms with Gasteiger partial charge in [-0.25, -0.2) is 9.07 Å². The highest BCUT2D eigenvalue weighted by Crippen LogP contribution is 2.54. The number of likely N-dealkylation sites (tertiary alicyclic amines) is 1. The van der Waals surface area contributed by atoms with Crippen molar-refractivity contribution in [1.29, 1.82) is 0 Å². The summed E-state index contributed by atoms with van der Waals surface area (Å²) in [5.74, 6) is 0.0369. The zero-order valence-electron chi connectivity index (χ0n) is 17.6. The molecule has 0 radical (unpaired) electrons. The third-order valence-corrected chi connectivity index (χ3v) is 7.35. The molecule has 1 aromatic heterocycles. The number of rotatable bonds is 4. The summed E-state index contributed by atoms with van der Waals surface area (Å²) in [4.78, 5) is 15.6. The molecule has 30 heavy (non-hydrogen) atoms. The summed E-state index contributed by atoms with van der Waals surface area (Å²) in [6.07, 6.45) is 8.85. The molecule has 1 saturated carbocycles. The standard InChI is InChI=1S/C24H28FN3O2/c1-24-13-16-14-26-28(19-8-6-18(25)7-9-19)22(16)12-17(24)5-10-21(24)23(29)27-11-3-4-20(27)15-30-2/h6-9,12,14,20-21H,3-5,10-11,13,15H2,1-2H3/t20-,21+,24-/m0/s1. The van der Waals surface area contributed by atoms with E-state index >= 15 is 0 Å². The molecule has 1 amide bonds. The fourth-order valence-electron chi connectivity index (χ4n) is 5.72. The Balaban J connectivity index is 1.44. The predicted octanol–water partition coefficient (Wildman–Crippen LogP) is 4.00. The summed E-state index contributed by atoms with van der Waals surface area (Å²) in [6, 6.07) is 6.62. The monoisotopic (exact) mass is 409 g/mol. The first kappa shape index (κ1) is 19.5. The van der Waals surface area contributed by atoms with Crippen LogP contribution in [-0.4, -0.2) is 46.9 Å². The zero-order valence-corrected chi connectivity index (χ0v) is 17.6. The van der Waals surface area contributed by atoms with Crippen molar-refractivity contribution >= 4 is 12.0 Å². The van der Waals surface area contributed by atoms with Crippen molar-refractivity contribution in [3.8, 4) is 5.69 Å². The largest absolute Gasteiger partial charge is 0.383 e. The third kappa shape index (κ3) is 3.00. The average molecular weight is 410 g/mol. The molecular weight excluding hydrogens is 381 g/mol. The molecule has 0 bridgehead atoms. The minimum absolute atomic E-state index is 0.00327. The van der Waals surface area contributed by atoms with Crippen molar-refractivity contribution < 1.29 is 13.9 Å². The number of carbonyl (C=O) groups is 1. The molecule has 5 rings (SSSR count).